The third kappa shape index (κ3) is 9.71. The van der Waals surface area contributed by atoms with Crippen LogP contribution in [0, 0.1) is 0 Å². The molecule has 0 aromatic heterocycles. The van der Waals surface area contributed by atoms with E-state index in [0.29, 0.717) is 0 Å². The summed E-state index contributed by atoms with van der Waals surface area (Å²) in [5.41, 5.74) is 19.1. The Balaban J connectivity index is 0.841. The quantitative estimate of drug-likeness (QED) is 0.0950. The predicted molar refractivity (Wildman–Crippen MR) is 295 cm³/mol. The van der Waals surface area contributed by atoms with Crippen molar-refractivity contribution in [3.8, 4) is 44.5 Å². The molecule has 0 spiro atoms. The number of hydrogen-bond acceptors (Lipinski definition) is 3. The smallest absolute Gasteiger partial charge is 0.0462 e. The zero-order valence-electron chi connectivity index (χ0n) is 38.4. The maximum absolute atomic E-state index is 4.07. The van der Waals surface area contributed by atoms with Crippen molar-refractivity contribution in [3.05, 3.63) is 304 Å². The third-order valence-electron chi connectivity index (χ3n) is 12.4. The van der Waals surface area contributed by atoms with Gasteiger partial charge in [0.25, 0.3) is 0 Å². The Morgan fingerprint density at radius 2 is 0.449 bits per heavy atom. The van der Waals surface area contributed by atoms with Gasteiger partial charge >= 0.3 is 0 Å². The molecule has 0 atom stereocenters. The van der Waals surface area contributed by atoms with Crippen LogP contribution in [0.2, 0.25) is 0 Å². The van der Waals surface area contributed by atoms with Crippen LogP contribution >= 0.6 is 0 Å². The highest BCUT2D eigenvalue weighted by Gasteiger charge is 2.16. The summed E-state index contributed by atoms with van der Waals surface area (Å²) in [4.78, 5) is 6.79. The van der Waals surface area contributed by atoms with Gasteiger partial charge in [0.1, 0.15) is 0 Å². The van der Waals surface area contributed by atoms with Gasteiger partial charge in [-0.05, 0) is 154 Å². The second-order valence-corrected chi connectivity index (χ2v) is 16.7. The molecular formula is C66H51N3. The fraction of sp³-hybridized carbons (Fsp3) is 0. The van der Waals surface area contributed by atoms with Crippen molar-refractivity contribution in [1.82, 2.24) is 0 Å². The minimum atomic E-state index is 0.955. The average Bonchev–Trinajstić information content (AvgIpc) is 3.43. The van der Waals surface area contributed by atoms with E-state index in [4.69, 9.17) is 0 Å². The van der Waals surface area contributed by atoms with E-state index in [2.05, 4.69) is 277 Å². The van der Waals surface area contributed by atoms with Gasteiger partial charge in [0.15, 0.2) is 0 Å². The van der Waals surface area contributed by atoms with Crippen molar-refractivity contribution < 1.29 is 0 Å². The Labute approximate surface area is 406 Å². The first-order valence-corrected chi connectivity index (χ1v) is 23.3. The molecule has 0 heterocycles. The van der Waals surface area contributed by atoms with Crippen LogP contribution in [0.25, 0.3) is 44.5 Å². The third-order valence-corrected chi connectivity index (χ3v) is 12.4. The van der Waals surface area contributed by atoms with Crippen LogP contribution in [0.15, 0.2) is 304 Å². The topological polar surface area (TPSA) is 9.72 Å². The summed E-state index contributed by atoms with van der Waals surface area (Å²) in [5.74, 6) is 0. The standard InChI is InChI=1S/C66H51N3/c1-3-17-58(4-2)67(59-18-9-5-10-19-59)63-42-34-54(35-43-63)50-26-28-52(29-27-50)56-38-46-65(47-39-56)69(62-24-15-8-16-25-62)66-48-40-57(41-49-66)53-32-30-51(31-33-53)55-36-44-64(45-37-55)68(60-20-11-6-12-21-60)61-22-13-7-14-23-61/h3-49H,1-2H2/b58-17+. The average molecular weight is 886 g/mol. The lowest BCUT2D eigenvalue weighted by molar-refractivity contribution is 1.21. The molecule has 10 aromatic carbocycles. The van der Waals surface area contributed by atoms with Gasteiger partial charge in [0.05, 0.1) is 0 Å². The van der Waals surface area contributed by atoms with Crippen LogP contribution in [0.4, 0.5) is 45.5 Å². The van der Waals surface area contributed by atoms with Gasteiger partial charge in [-0.1, -0.05) is 189 Å². The minimum Gasteiger partial charge on any atom is -0.311 e. The summed E-state index contributed by atoms with van der Waals surface area (Å²) >= 11 is 0. The largest absolute Gasteiger partial charge is 0.311 e. The van der Waals surface area contributed by atoms with Gasteiger partial charge in [0.2, 0.25) is 0 Å². The van der Waals surface area contributed by atoms with Crippen LogP contribution in [0.1, 0.15) is 0 Å². The Hall–Kier alpha value is -9.18. The Morgan fingerprint density at radius 1 is 0.246 bits per heavy atom. The fourth-order valence-electron chi connectivity index (χ4n) is 8.93. The number of rotatable bonds is 15. The van der Waals surface area contributed by atoms with Crippen LogP contribution < -0.4 is 14.7 Å². The van der Waals surface area contributed by atoms with Crippen molar-refractivity contribution in [2.24, 2.45) is 0 Å². The molecule has 69 heavy (non-hydrogen) atoms. The number of anilines is 8. The zero-order valence-corrected chi connectivity index (χ0v) is 38.4. The first-order valence-electron chi connectivity index (χ1n) is 23.3. The molecule has 0 saturated heterocycles. The number of hydrogen-bond donors (Lipinski definition) is 0. The number of para-hydroxylation sites is 4. The lowest BCUT2D eigenvalue weighted by Crippen LogP contribution is -2.14. The molecule has 0 aliphatic rings. The van der Waals surface area contributed by atoms with E-state index in [1.165, 1.54) is 27.8 Å². The number of allylic oxidation sites excluding steroid dienone is 3. The van der Waals surface area contributed by atoms with Gasteiger partial charge in [0, 0.05) is 51.2 Å². The molecular weight excluding hydrogens is 835 g/mol. The molecule has 0 radical (unpaired) electrons. The van der Waals surface area contributed by atoms with Gasteiger partial charge in [-0.25, -0.2) is 0 Å². The van der Waals surface area contributed by atoms with Crippen molar-refractivity contribution >= 4 is 45.5 Å². The molecule has 3 nitrogen and oxygen atoms in total. The molecule has 0 aliphatic carbocycles. The maximum atomic E-state index is 4.07. The van der Waals surface area contributed by atoms with Crippen LogP contribution in [0.5, 0.6) is 0 Å². The molecule has 0 unspecified atom stereocenters. The molecule has 10 aromatic rings. The fourth-order valence-corrected chi connectivity index (χ4v) is 8.93. The highest BCUT2D eigenvalue weighted by Crippen LogP contribution is 2.39. The van der Waals surface area contributed by atoms with E-state index >= 15 is 0 Å². The summed E-state index contributed by atoms with van der Waals surface area (Å²) in [6, 6.07) is 94.9. The molecule has 0 saturated carbocycles. The summed E-state index contributed by atoms with van der Waals surface area (Å²) < 4.78 is 0. The maximum Gasteiger partial charge on any atom is 0.0462 e. The Morgan fingerprint density at radius 3 is 0.696 bits per heavy atom. The molecule has 3 heteroatoms. The highest BCUT2D eigenvalue weighted by atomic mass is 15.2. The molecule has 330 valence electrons. The van der Waals surface area contributed by atoms with Crippen LogP contribution in [-0.4, -0.2) is 0 Å². The first kappa shape index (κ1) is 43.7. The van der Waals surface area contributed by atoms with E-state index in [1.807, 2.05) is 30.4 Å². The van der Waals surface area contributed by atoms with Crippen molar-refractivity contribution in [1.29, 1.82) is 0 Å². The second kappa shape index (κ2) is 20.6. The number of nitrogens with zero attached hydrogens (tertiary/aromatic N) is 3. The predicted octanol–water partition coefficient (Wildman–Crippen LogP) is 18.7. The molecule has 0 fully saturated rings. The van der Waals surface area contributed by atoms with Crippen molar-refractivity contribution in [2.75, 3.05) is 14.7 Å². The van der Waals surface area contributed by atoms with Crippen LogP contribution in [0.3, 0.4) is 0 Å². The summed E-state index contributed by atoms with van der Waals surface area (Å²) in [6.07, 6.45) is 5.63. The lowest BCUT2D eigenvalue weighted by atomic mass is 9.99. The van der Waals surface area contributed by atoms with E-state index in [9.17, 15) is 0 Å². The van der Waals surface area contributed by atoms with Gasteiger partial charge in [-0.2, -0.15) is 0 Å². The summed E-state index contributed by atoms with van der Waals surface area (Å²) in [5, 5.41) is 0. The van der Waals surface area contributed by atoms with Gasteiger partial charge in [-0.15, -0.1) is 0 Å². The van der Waals surface area contributed by atoms with Crippen molar-refractivity contribution in [3.63, 3.8) is 0 Å². The molecule has 0 aliphatic heterocycles. The van der Waals surface area contributed by atoms with E-state index in [1.54, 1.807) is 6.08 Å². The SMILES string of the molecule is C=C/C=C(\C=C)N(c1ccccc1)c1ccc(-c2ccc(-c3ccc(N(c4ccccc4)c4ccc(-c5ccc(-c6ccc(N(c7ccccc7)c7ccccc7)cc6)cc5)cc4)cc3)cc2)cc1. The molecule has 0 N–H and O–H groups in total. The van der Waals surface area contributed by atoms with Gasteiger partial charge < -0.3 is 14.7 Å². The Kier molecular flexibility index (Phi) is 13.0. The van der Waals surface area contributed by atoms with Crippen molar-refractivity contribution in [2.45, 2.75) is 0 Å². The second-order valence-electron chi connectivity index (χ2n) is 16.7. The molecule has 0 amide bonds. The normalized spacial score (nSPS) is 11.1. The van der Waals surface area contributed by atoms with E-state index in [-0.39, 0.29) is 0 Å². The van der Waals surface area contributed by atoms with E-state index in [0.717, 1.165) is 67.9 Å². The first-order chi connectivity index (χ1) is 34.1. The van der Waals surface area contributed by atoms with Gasteiger partial charge in [-0.3, -0.25) is 0 Å². The monoisotopic (exact) mass is 885 g/mol. The molecule has 10 rings (SSSR count). The lowest BCUT2D eigenvalue weighted by Gasteiger charge is -2.26. The zero-order chi connectivity index (χ0) is 46.8. The molecule has 0 bridgehead atoms. The number of benzene rings is 10. The van der Waals surface area contributed by atoms with E-state index < -0.39 is 0 Å². The Bertz CT molecular complexity index is 3230. The summed E-state index contributed by atoms with van der Waals surface area (Å²) in [7, 11) is 0. The highest BCUT2D eigenvalue weighted by molar-refractivity contribution is 5.82. The minimum absolute atomic E-state index is 0.955. The summed E-state index contributed by atoms with van der Waals surface area (Å²) in [6.45, 7) is 7.98. The van der Waals surface area contributed by atoms with Crippen LogP contribution in [-0.2, 0) is 0 Å².